The van der Waals surface area contributed by atoms with Crippen LogP contribution in [-0.4, -0.2) is 18.6 Å². The van der Waals surface area contributed by atoms with Crippen molar-refractivity contribution in [1.29, 1.82) is 0 Å². The van der Waals surface area contributed by atoms with E-state index in [1.54, 1.807) is 0 Å². The molecule has 2 heterocycles. The second kappa shape index (κ2) is 7.89. The third-order valence-corrected chi connectivity index (χ3v) is 4.89. The third kappa shape index (κ3) is 3.97. The minimum absolute atomic E-state index is 0. The molecule has 2 aromatic rings. The summed E-state index contributed by atoms with van der Waals surface area (Å²) in [4.78, 5) is 12.4. The lowest BCUT2D eigenvalue weighted by Crippen LogP contribution is -2.40. The number of carbonyl (C=O) groups is 1. The van der Waals surface area contributed by atoms with E-state index in [1.807, 2.05) is 30.3 Å². The summed E-state index contributed by atoms with van der Waals surface area (Å²) < 4.78 is 5.52. The van der Waals surface area contributed by atoms with E-state index in [1.165, 1.54) is 11.1 Å². The number of fused-ring (bicyclic) bond motifs is 1. The molecule has 0 radical (unpaired) electrons. The van der Waals surface area contributed by atoms with Gasteiger partial charge in [-0.25, -0.2) is 0 Å². The number of hydrogen-bond acceptors (Lipinski definition) is 3. The van der Waals surface area contributed by atoms with Gasteiger partial charge in [-0.1, -0.05) is 42.5 Å². The predicted molar refractivity (Wildman–Crippen MR) is 100 cm³/mol. The SMILES string of the molecule is Cl.O=C(NCc1ccc2c(c1)CCO2)[C@H]1CC[C@H](c2ccccc2)N1. The Bertz CT molecular complexity index is 736. The van der Waals surface area contributed by atoms with Gasteiger partial charge in [0.2, 0.25) is 5.91 Å². The van der Waals surface area contributed by atoms with E-state index in [0.29, 0.717) is 6.54 Å². The minimum Gasteiger partial charge on any atom is -0.493 e. The number of hydrogen-bond donors (Lipinski definition) is 2. The Morgan fingerprint density at radius 1 is 1.16 bits per heavy atom. The monoisotopic (exact) mass is 358 g/mol. The molecule has 2 aliphatic heterocycles. The fourth-order valence-corrected chi connectivity index (χ4v) is 3.56. The molecule has 1 fully saturated rings. The van der Waals surface area contributed by atoms with Gasteiger partial charge in [0.25, 0.3) is 0 Å². The van der Waals surface area contributed by atoms with Crippen molar-refractivity contribution in [2.24, 2.45) is 0 Å². The quantitative estimate of drug-likeness (QED) is 0.882. The maximum absolute atomic E-state index is 12.4. The van der Waals surface area contributed by atoms with Crippen molar-refractivity contribution >= 4 is 18.3 Å². The van der Waals surface area contributed by atoms with E-state index in [9.17, 15) is 4.79 Å². The van der Waals surface area contributed by atoms with Crippen LogP contribution < -0.4 is 15.4 Å². The lowest BCUT2D eigenvalue weighted by molar-refractivity contribution is -0.123. The van der Waals surface area contributed by atoms with Gasteiger partial charge in [-0.05, 0) is 35.6 Å². The molecular formula is C20H23ClN2O2. The molecule has 0 bridgehead atoms. The first-order valence-electron chi connectivity index (χ1n) is 8.63. The summed E-state index contributed by atoms with van der Waals surface area (Å²) >= 11 is 0. The lowest BCUT2D eigenvalue weighted by Gasteiger charge is -2.15. The number of ether oxygens (including phenoxy) is 1. The summed E-state index contributed by atoms with van der Waals surface area (Å²) in [6.45, 7) is 1.33. The molecule has 2 atom stereocenters. The van der Waals surface area contributed by atoms with Gasteiger partial charge >= 0.3 is 0 Å². The van der Waals surface area contributed by atoms with Gasteiger partial charge in [-0.2, -0.15) is 0 Å². The summed E-state index contributed by atoms with van der Waals surface area (Å²) in [7, 11) is 0. The van der Waals surface area contributed by atoms with Crippen molar-refractivity contribution in [1.82, 2.24) is 10.6 Å². The Morgan fingerprint density at radius 2 is 2.00 bits per heavy atom. The molecule has 2 aliphatic rings. The molecule has 0 aromatic heterocycles. The maximum atomic E-state index is 12.4. The van der Waals surface area contributed by atoms with E-state index >= 15 is 0 Å². The van der Waals surface area contributed by atoms with Gasteiger partial charge in [-0.3, -0.25) is 10.1 Å². The van der Waals surface area contributed by atoms with E-state index < -0.39 is 0 Å². The van der Waals surface area contributed by atoms with Crippen molar-refractivity contribution in [3.63, 3.8) is 0 Å². The molecule has 1 saturated heterocycles. The molecule has 2 aromatic carbocycles. The van der Waals surface area contributed by atoms with E-state index in [2.05, 4.69) is 28.8 Å². The van der Waals surface area contributed by atoms with E-state index in [-0.39, 0.29) is 30.4 Å². The number of halogens is 1. The molecule has 0 unspecified atom stereocenters. The standard InChI is InChI=1S/C20H22N2O2.ClH/c23-20(18-8-7-17(22-18)15-4-2-1-3-5-15)21-13-14-6-9-19-16(12-14)10-11-24-19;/h1-6,9,12,17-18,22H,7-8,10-11,13H2,(H,21,23);1H/t17-,18-;/m1./s1. The topological polar surface area (TPSA) is 50.4 Å². The average Bonchev–Trinajstić information content (AvgIpc) is 3.29. The molecule has 1 amide bonds. The maximum Gasteiger partial charge on any atom is 0.237 e. The van der Waals surface area contributed by atoms with Gasteiger partial charge in [0.05, 0.1) is 12.6 Å². The highest BCUT2D eigenvalue weighted by Crippen LogP contribution is 2.27. The van der Waals surface area contributed by atoms with Crippen LogP contribution in [0.4, 0.5) is 0 Å². The Labute approximate surface area is 154 Å². The molecule has 25 heavy (non-hydrogen) atoms. The minimum atomic E-state index is -0.104. The zero-order valence-corrected chi connectivity index (χ0v) is 14.9. The van der Waals surface area contributed by atoms with Crippen molar-refractivity contribution in [3.05, 3.63) is 65.2 Å². The third-order valence-electron chi connectivity index (χ3n) is 4.89. The molecule has 5 heteroatoms. The van der Waals surface area contributed by atoms with Crippen molar-refractivity contribution in [2.75, 3.05) is 6.61 Å². The Balaban J connectivity index is 0.00000182. The number of carbonyl (C=O) groups excluding carboxylic acids is 1. The summed E-state index contributed by atoms with van der Waals surface area (Å²) in [5.74, 6) is 1.07. The summed E-state index contributed by atoms with van der Waals surface area (Å²) in [6, 6.07) is 16.7. The van der Waals surface area contributed by atoms with Gasteiger partial charge in [0.15, 0.2) is 0 Å². The van der Waals surface area contributed by atoms with Crippen LogP contribution in [0.3, 0.4) is 0 Å². The smallest absolute Gasteiger partial charge is 0.237 e. The normalized spacial score (nSPS) is 21.1. The Hall–Kier alpha value is -2.04. The first kappa shape index (κ1) is 17.8. The van der Waals surface area contributed by atoms with Crippen LogP contribution in [0.2, 0.25) is 0 Å². The summed E-state index contributed by atoms with van der Waals surface area (Å²) in [5.41, 5.74) is 3.63. The average molecular weight is 359 g/mol. The van der Waals surface area contributed by atoms with Crippen LogP contribution in [0.5, 0.6) is 5.75 Å². The first-order chi connectivity index (χ1) is 11.8. The van der Waals surface area contributed by atoms with Gasteiger partial charge in [-0.15, -0.1) is 12.4 Å². The van der Waals surface area contributed by atoms with E-state index in [4.69, 9.17) is 4.74 Å². The largest absolute Gasteiger partial charge is 0.493 e. The van der Waals surface area contributed by atoms with Crippen LogP contribution in [0.15, 0.2) is 48.5 Å². The van der Waals surface area contributed by atoms with Gasteiger partial charge in [0, 0.05) is 19.0 Å². The highest BCUT2D eigenvalue weighted by Gasteiger charge is 2.29. The molecule has 132 valence electrons. The summed E-state index contributed by atoms with van der Waals surface area (Å²) in [5, 5.41) is 6.51. The fraction of sp³-hybridized carbons (Fsp3) is 0.350. The molecule has 4 nitrogen and oxygen atoms in total. The summed E-state index contributed by atoms with van der Waals surface area (Å²) in [6.07, 6.45) is 2.84. The van der Waals surface area contributed by atoms with E-state index in [0.717, 1.165) is 37.2 Å². The fourth-order valence-electron chi connectivity index (χ4n) is 3.56. The van der Waals surface area contributed by atoms with Crippen molar-refractivity contribution in [2.45, 2.75) is 37.9 Å². The van der Waals surface area contributed by atoms with Crippen molar-refractivity contribution in [3.8, 4) is 5.75 Å². The predicted octanol–water partition coefficient (Wildman–Crippen LogP) is 3.15. The number of amides is 1. The van der Waals surface area contributed by atoms with Crippen LogP contribution in [0.25, 0.3) is 0 Å². The second-order valence-corrected chi connectivity index (χ2v) is 6.52. The van der Waals surface area contributed by atoms with Crippen LogP contribution >= 0.6 is 12.4 Å². The molecule has 0 spiro atoms. The highest BCUT2D eigenvalue weighted by molar-refractivity contribution is 5.85. The first-order valence-corrected chi connectivity index (χ1v) is 8.63. The Morgan fingerprint density at radius 3 is 2.84 bits per heavy atom. The van der Waals surface area contributed by atoms with Crippen molar-refractivity contribution < 1.29 is 9.53 Å². The van der Waals surface area contributed by atoms with Crippen LogP contribution in [0, 0.1) is 0 Å². The van der Waals surface area contributed by atoms with Gasteiger partial charge < -0.3 is 10.1 Å². The zero-order valence-electron chi connectivity index (χ0n) is 14.0. The number of benzene rings is 2. The molecule has 0 saturated carbocycles. The second-order valence-electron chi connectivity index (χ2n) is 6.52. The molecule has 4 rings (SSSR count). The molecule has 2 N–H and O–H groups in total. The lowest BCUT2D eigenvalue weighted by atomic mass is 10.1. The van der Waals surface area contributed by atoms with Crippen LogP contribution in [-0.2, 0) is 17.8 Å². The zero-order chi connectivity index (χ0) is 16.4. The highest BCUT2D eigenvalue weighted by atomic mass is 35.5. The number of rotatable bonds is 4. The van der Waals surface area contributed by atoms with Crippen LogP contribution in [0.1, 0.15) is 35.6 Å². The molecular weight excluding hydrogens is 336 g/mol. The number of nitrogens with one attached hydrogen (secondary N) is 2. The van der Waals surface area contributed by atoms with Gasteiger partial charge in [0.1, 0.15) is 5.75 Å². The Kier molecular flexibility index (Phi) is 5.61. The molecule has 0 aliphatic carbocycles.